The van der Waals surface area contributed by atoms with Crippen LogP contribution in [0.2, 0.25) is 0 Å². The number of amides is 1. The molecule has 1 amide bonds. The van der Waals surface area contributed by atoms with Crippen molar-refractivity contribution >= 4 is 23.6 Å². The van der Waals surface area contributed by atoms with E-state index in [1.807, 2.05) is 0 Å². The van der Waals surface area contributed by atoms with Crippen molar-refractivity contribution in [1.29, 1.82) is 0 Å². The van der Waals surface area contributed by atoms with E-state index in [1.165, 1.54) is 0 Å². The van der Waals surface area contributed by atoms with E-state index in [9.17, 15) is 14.7 Å². The Morgan fingerprint density at radius 2 is 2.20 bits per heavy atom. The fourth-order valence-corrected chi connectivity index (χ4v) is 3.16. The molecule has 0 radical (unpaired) electrons. The van der Waals surface area contributed by atoms with Crippen molar-refractivity contribution in [3.05, 3.63) is 0 Å². The number of carboxylic acid groups (broad SMARTS) is 1. The molecule has 1 heterocycles. The molecule has 1 aliphatic heterocycles. The summed E-state index contributed by atoms with van der Waals surface area (Å²) in [5, 5.41) is 11.9. The van der Waals surface area contributed by atoms with E-state index in [4.69, 9.17) is 4.74 Å². The van der Waals surface area contributed by atoms with Gasteiger partial charge in [-0.15, -0.1) is 0 Å². The number of carboxylic acids is 1. The van der Waals surface area contributed by atoms with Crippen LogP contribution in [-0.2, 0) is 14.3 Å². The first-order valence-electron chi connectivity index (χ1n) is 7.18. The normalized spacial score (nSPS) is 20.6. The highest BCUT2D eigenvalue weighted by atomic mass is 32.2. The monoisotopic (exact) mass is 303 g/mol. The van der Waals surface area contributed by atoms with Crippen LogP contribution in [0.3, 0.4) is 0 Å². The molecular formula is C14H25NO4S. The number of hydrogen-bond acceptors (Lipinski definition) is 4. The van der Waals surface area contributed by atoms with E-state index in [0.29, 0.717) is 24.9 Å². The molecule has 1 rings (SSSR count). The predicted molar refractivity (Wildman–Crippen MR) is 79.9 cm³/mol. The number of nitrogens with one attached hydrogen (secondary N) is 1. The summed E-state index contributed by atoms with van der Waals surface area (Å²) in [6.07, 6.45) is 2.71. The quantitative estimate of drug-likeness (QED) is 0.668. The van der Waals surface area contributed by atoms with Gasteiger partial charge in [-0.2, -0.15) is 11.8 Å². The number of hydrogen-bond donors (Lipinski definition) is 2. The standard InChI is InChI=1S/C14H25NO4S/c1-10(2)5-7-20-9-12(16)15-13(14(17)18)11-4-3-6-19-8-11/h10-11,13H,3-9H2,1-2H3,(H,15,16)(H,17,18). The van der Waals surface area contributed by atoms with Crippen molar-refractivity contribution < 1.29 is 19.4 Å². The highest BCUT2D eigenvalue weighted by Gasteiger charge is 2.31. The molecule has 0 saturated carbocycles. The first-order valence-corrected chi connectivity index (χ1v) is 8.33. The van der Waals surface area contributed by atoms with Gasteiger partial charge in [0, 0.05) is 12.5 Å². The highest BCUT2D eigenvalue weighted by Crippen LogP contribution is 2.18. The van der Waals surface area contributed by atoms with Crippen LogP contribution in [0.25, 0.3) is 0 Å². The molecule has 20 heavy (non-hydrogen) atoms. The lowest BCUT2D eigenvalue weighted by Gasteiger charge is -2.28. The van der Waals surface area contributed by atoms with E-state index in [-0.39, 0.29) is 11.8 Å². The Morgan fingerprint density at radius 1 is 1.45 bits per heavy atom. The van der Waals surface area contributed by atoms with Gasteiger partial charge >= 0.3 is 5.97 Å². The number of carbonyl (C=O) groups is 2. The smallest absolute Gasteiger partial charge is 0.326 e. The molecule has 1 saturated heterocycles. The second kappa shape index (κ2) is 9.23. The SMILES string of the molecule is CC(C)CCSCC(=O)NC(C(=O)O)C1CCCOC1. The molecule has 0 spiro atoms. The van der Waals surface area contributed by atoms with Gasteiger partial charge in [-0.1, -0.05) is 13.8 Å². The zero-order valence-electron chi connectivity index (χ0n) is 12.3. The fourth-order valence-electron chi connectivity index (χ4n) is 2.11. The third-order valence-electron chi connectivity index (χ3n) is 3.32. The second-order valence-corrected chi connectivity index (χ2v) is 6.70. The van der Waals surface area contributed by atoms with Crippen LogP contribution in [0, 0.1) is 11.8 Å². The Morgan fingerprint density at radius 3 is 2.75 bits per heavy atom. The molecule has 0 aromatic rings. The molecule has 1 fully saturated rings. The van der Waals surface area contributed by atoms with Crippen LogP contribution in [0.15, 0.2) is 0 Å². The zero-order chi connectivity index (χ0) is 15.0. The summed E-state index contributed by atoms with van der Waals surface area (Å²) in [4.78, 5) is 23.1. The molecule has 6 heteroatoms. The maximum atomic E-state index is 11.8. The molecule has 1 aliphatic rings. The van der Waals surface area contributed by atoms with Gasteiger partial charge in [0.25, 0.3) is 0 Å². The van der Waals surface area contributed by atoms with E-state index < -0.39 is 12.0 Å². The van der Waals surface area contributed by atoms with Crippen molar-refractivity contribution in [2.75, 3.05) is 24.7 Å². The van der Waals surface area contributed by atoms with Gasteiger partial charge in [0.05, 0.1) is 12.4 Å². The summed E-state index contributed by atoms with van der Waals surface area (Å²) >= 11 is 1.55. The predicted octanol–water partition coefficient (Wildman–Crippen LogP) is 1.76. The van der Waals surface area contributed by atoms with Crippen molar-refractivity contribution in [3.8, 4) is 0 Å². The van der Waals surface area contributed by atoms with Gasteiger partial charge < -0.3 is 15.2 Å². The van der Waals surface area contributed by atoms with Crippen molar-refractivity contribution in [3.63, 3.8) is 0 Å². The lowest BCUT2D eigenvalue weighted by atomic mass is 9.94. The zero-order valence-corrected chi connectivity index (χ0v) is 13.1. The molecular weight excluding hydrogens is 278 g/mol. The number of carbonyl (C=O) groups excluding carboxylic acids is 1. The Kier molecular flexibility index (Phi) is 7.99. The Bertz CT molecular complexity index is 316. The lowest BCUT2D eigenvalue weighted by molar-refractivity contribution is -0.144. The summed E-state index contributed by atoms with van der Waals surface area (Å²) in [5.41, 5.74) is 0. The highest BCUT2D eigenvalue weighted by molar-refractivity contribution is 7.99. The van der Waals surface area contributed by atoms with Gasteiger partial charge in [-0.3, -0.25) is 4.79 Å². The first-order chi connectivity index (χ1) is 9.50. The second-order valence-electron chi connectivity index (χ2n) is 5.60. The first kappa shape index (κ1) is 17.3. The van der Waals surface area contributed by atoms with E-state index in [0.717, 1.165) is 25.0 Å². The molecule has 2 atom stereocenters. The van der Waals surface area contributed by atoms with Gasteiger partial charge in [0.1, 0.15) is 6.04 Å². The number of rotatable bonds is 8. The van der Waals surface area contributed by atoms with Crippen LogP contribution in [0.4, 0.5) is 0 Å². The minimum atomic E-state index is -0.971. The lowest BCUT2D eigenvalue weighted by Crippen LogP contribution is -2.49. The summed E-state index contributed by atoms with van der Waals surface area (Å²) in [5.74, 6) is 0.583. The average molecular weight is 303 g/mol. The number of thioether (sulfide) groups is 1. The molecule has 2 N–H and O–H groups in total. The number of ether oxygens (including phenoxy) is 1. The topological polar surface area (TPSA) is 75.6 Å². The Balaban J connectivity index is 2.33. The van der Waals surface area contributed by atoms with Gasteiger partial charge in [-0.05, 0) is 30.9 Å². The third kappa shape index (κ3) is 6.61. The van der Waals surface area contributed by atoms with Gasteiger partial charge in [-0.25, -0.2) is 4.79 Å². The summed E-state index contributed by atoms with van der Waals surface area (Å²) in [6.45, 7) is 5.38. The largest absolute Gasteiger partial charge is 0.480 e. The van der Waals surface area contributed by atoms with Crippen LogP contribution in [0.1, 0.15) is 33.1 Å². The molecule has 5 nitrogen and oxygen atoms in total. The Labute approximate surface area is 124 Å². The fraction of sp³-hybridized carbons (Fsp3) is 0.857. The van der Waals surface area contributed by atoms with Crippen molar-refractivity contribution in [1.82, 2.24) is 5.32 Å². The minimum absolute atomic E-state index is 0.120. The molecule has 116 valence electrons. The summed E-state index contributed by atoms with van der Waals surface area (Å²) < 4.78 is 5.30. The molecule has 0 bridgehead atoms. The van der Waals surface area contributed by atoms with Crippen LogP contribution >= 0.6 is 11.8 Å². The van der Waals surface area contributed by atoms with Gasteiger partial charge in [0.15, 0.2) is 0 Å². The maximum Gasteiger partial charge on any atom is 0.326 e. The minimum Gasteiger partial charge on any atom is -0.480 e. The van der Waals surface area contributed by atoms with Crippen molar-refractivity contribution in [2.24, 2.45) is 11.8 Å². The van der Waals surface area contributed by atoms with Crippen LogP contribution in [-0.4, -0.2) is 47.7 Å². The van der Waals surface area contributed by atoms with Crippen molar-refractivity contribution in [2.45, 2.75) is 39.2 Å². The van der Waals surface area contributed by atoms with Crippen LogP contribution in [0.5, 0.6) is 0 Å². The van der Waals surface area contributed by atoms with E-state index >= 15 is 0 Å². The van der Waals surface area contributed by atoms with Crippen LogP contribution < -0.4 is 5.32 Å². The van der Waals surface area contributed by atoms with Gasteiger partial charge in [0.2, 0.25) is 5.91 Å². The molecule has 0 aliphatic carbocycles. The molecule has 0 aromatic carbocycles. The maximum absolute atomic E-state index is 11.8. The molecule has 0 aromatic heterocycles. The van der Waals surface area contributed by atoms with E-state index in [1.54, 1.807) is 11.8 Å². The van der Waals surface area contributed by atoms with E-state index in [2.05, 4.69) is 19.2 Å². The average Bonchev–Trinajstić information content (AvgIpc) is 2.41. The third-order valence-corrected chi connectivity index (χ3v) is 4.31. The Hall–Kier alpha value is -0.750. The number of aliphatic carboxylic acids is 1. The summed E-state index contributed by atoms with van der Waals surface area (Å²) in [7, 11) is 0. The molecule has 2 unspecified atom stereocenters. The summed E-state index contributed by atoms with van der Waals surface area (Å²) in [6, 6.07) is -0.825.